The molecule has 1 atom stereocenters. The summed E-state index contributed by atoms with van der Waals surface area (Å²) in [7, 11) is 0. The third-order valence-electron chi connectivity index (χ3n) is 4.93. The highest BCUT2D eigenvalue weighted by Gasteiger charge is 2.29. The number of anilines is 2. The minimum Gasteiger partial charge on any atom is -0.371 e. The Morgan fingerprint density at radius 2 is 2.08 bits per heavy atom. The Hall–Kier alpha value is -2.89. The van der Waals surface area contributed by atoms with Crippen molar-refractivity contribution in [3.05, 3.63) is 53.9 Å². The Bertz CT molecular complexity index is 806. The molecule has 0 spiro atoms. The van der Waals surface area contributed by atoms with Gasteiger partial charge in [0.1, 0.15) is 0 Å². The summed E-state index contributed by atoms with van der Waals surface area (Å²) in [5.41, 5.74) is 3.45. The molecule has 1 unspecified atom stereocenters. The Morgan fingerprint density at radius 1 is 1.24 bits per heavy atom. The third-order valence-corrected chi connectivity index (χ3v) is 4.93. The number of pyridine rings is 1. The first-order valence-electron chi connectivity index (χ1n) is 8.58. The van der Waals surface area contributed by atoms with E-state index in [1.165, 1.54) is 0 Å². The smallest absolute Gasteiger partial charge is 0.251 e. The monoisotopic (exact) mass is 336 g/mol. The minimum absolute atomic E-state index is 0.0240. The van der Waals surface area contributed by atoms with Gasteiger partial charge in [0.15, 0.2) is 0 Å². The van der Waals surface area contributed by atoms with E-state index in [-0.39, 0.29) is 17.7 Å². The van der Waals surface area contributed by atoms with Gasteiger partial charge in [0.25, 0.3) is 5.91 Å². The van der Waals surface area contributed by atoms with Crippen molar-refractivity contribution in [1.29, 1.82) is 0 Å². The van der Waals surface area contributed by atoms with Crippen LogP contribution >= 0.6 is 0 Å². The number of fused-ring (bicyclic) bond motifs is 1. The first kappa shape index (κ1) is 15.6. The molecule has 2 aliphatic rings. The number of amides is 2. The van der Waals surface area contributed by atoms with Crippen molar-refractivity contribution in [1.82, 2.24) is 10.3 Å². The number of carbonyl (C=O) groups excluding carboxylic acids is 2. The van der Waals surface area contributed by atoms with Crippen LogP contribution in [0.15, 0.2) is 42.7 Å². The molecule has 25 heavy (non-hydrogen) atoms. The second kappa shape index (κ2) is 6.55. The highest BCUT2D eigenvalue weighted by atomic mass is 16.2. The molecule has 0 aliphatic carbocycles. The number of carbonyl (C=O) groups is 2. The van der Waals surface area contributed by atoms with Gasteiger partial charge in [-0.3, -0.25) is 14.6 Å². The summed E-state index contributed by atoms with van der Waals surface area (Å²) >= 11 is 0. The molecule has 0 saturated carbocycles. The zero-order chi connectivity index (χ0) is 17.2. The summed E-state index contributed by atoms with van der Waals surface area (Å²) < 4.78 is 0. The Labute approximate surface area is 146 Å². The molecule has 2 aromatic rings. The van der Waals surface area contributed by atoms with Gasteiger partial charge in [-0.2, -0.15) is 0 Å². The topological polar surface area (TPSA) is 74.3 Å². The van der Waals surface area contributed by atoms with Gasteiger partial charge in [0, 0.05) is 49.0 Å². The molecular formula is C19H20N4O2. The third kappa shape index (κ3) is 3.07. The van der Waals surface area contributed by atoms with Gasteiger partial charge in [-0.05, 0) is 42.7 Å². The van der Waals surface area contributed by atoms with Gasteiger partial charge in [-0.1, -0.05) is 6.07 Å². The van der Waals surface area contributed by atoms with Crippen molar-refractivity contribution in [3.63, 3.8) is 0 Å². The van der Waals surface area contributed by atoms with Crippen LogP contribution < -0.4 is 15.5 Å². The molecule has 2 N–H and O–H groups in total. The van der Waals surface area contributed by atoms with Crippen LogP contribution in [0.4, 0.5) is 11.4 Å². The largest absolute Gasteiger partial charge is 0.371 e. The number of aromatic nitrogens is 1. The molecule has 3 heterocycles. The van der Waals surface area contributed by atoms with E-state index >= 15 is 0 Å². The van der Waals surface area contributed by atoms with E-state index in [1.54, 1.807) is 18.5 Å². The molecule has 1 aromatic carbocycles. The lowest BCUT2D eigenvalue weighted by atomic mass is 9.98. The molecule has 0 radical (unpaired) electrons. The maximum absolute atomic E-state index is 12.7. The summed E-state index contributed by atoms with van der Waals surface area (Å²) in [5, 5.41) is 5.88. The maximum Gasteiger partial charge on any atom is 0.251 e. The second-order valence-electron chi connectivity index (χ2n) is 6.46. The number of hydrogen-bond acceptors (Lipinski definition) is 4. The molecule has 6 nitrogen and oxygen atoms in total. The molecule has 0 bridgehead atoms. The molecule has 1 fully saturated rings. The molecule has 4 rings (SSSR count). The van der Waals surface area contributed by atoms with Crippen molar-refractivity contribution in [2.24, 2.45) is 5.92 Å². The van der Waals surface area contributed by atoms with E-state index in [0.29, 0.717) is 18.7 Å². The van der Waals surface area contributed by atoms with Crippen molar-refractivity contribution in [2.45, 2.75) is 12.8 Å². The zero-order valence-electron chi connectivity index (χ0n) is 13.9. The molecule has 1 saturated heterocycles. The minimum atomic E-state index is -0.0675. The van der Waals surface area contributed by atoms with E-state index in [2.05, 4.69) is 20.5 Å². The Morgan fingerprint density at radius 3 is 2.92 bits per heavy atom. The standard InChI is InChI=1S/C19H20N4O2/c24-18(13-7-11-23(12-13)14-4-8-20-9-5-14)22-17-3-1-2-16-15(17)6-10-21-19(16)25/h1-5,8-9,13H,6-7,10-12H2,(H,21,25)(H,22,24). The van der Waals surface area contributed by atoms with Gasteiger partial charge >= 0.3 is 0 Å². The highest BCUT2D eigenvalue weighted by Crippen LogP contribution is 2.27. The molecule has 6 heteroatoms. The van der Waals surface area contributed by atoms with Crippen LogP contribution in [-0.2, 0) is 11.2 Å². The lowest BCUT2D eigenvalue weighted by Crippen LogP contribution is -2.33. The van der Waals surface area contributed by atoms with Crippen LogP contribution in [0.3, 0.4) is 0 Å². The number of rotatable bonds is 3. The Balaban J connectivity index is 1.47. The van der Waals surface area contributed by atoms with E-state index in [9.17, 15) is 9.59 Å². The van der Waals surface area contributed by atoms with Crippen LogP contribution in [0, 0.1) is 5.92 Å². The molecule has 2 aliphatic heterocycles. The normalized spacial score (nSPS) is 19.3. The second-order valence-corrected chi connectivity index (χ2v) is 6.46. The summed E-state index contributed by atoms with van der Waals surface area (Å²) in [6, 6.07) is 9.43. The lowest BCUT2D eigenvalue weighted by molar-refractivity contribution is -0.119. The Kier molecular flexibility index (Phi) is 4.09. The van der Waals surface area contributed by atoms with E-state index in [0.717, 1.165) is 36.3 Å². The van der Waals surface area contributed by atoms with Crippen molar-refractivity contribution >= 4 is 23.2 Å². The first-order valence-corrected chi connectivity index (χ1v) is 8.58. The van der Waals surface area contributed by atoms with E-state index < -0.39 is 0 Å². The first-order chi connectivity index (χ1) is 12.2. The van der Waals surface area contributed by atoms with Crippen molar-refractivity contribution < 1.29 is 9.59 Å². The summed E-state index contributed by atoms with van der Waals surface area (Å²) in [6.07, 6.45) is 5.10. The molecule has 1 aromatic heterocycles. The van der Waals surface area contributed by atoms with Gasteiger partial charge in [0.05, 0.1) is 5.92 Å². The van der Waals surface area contributed by atoms with Crippen LogP contribution in [0.25, 0.3) is 0 Å². The van der Waals surface area contributed by atoms with Gasteiger partial charge in [-0.25, -0.2) is 0 Å². The fourth-order valence-corrected chi connectivity index (χ4v) is 3.58. The van der Waals surface area contributed by atoms with Crippen LogP contribution in [0.5, 0.6) is 0 Å². The average Bonchev–Trinajstić information content (AvgIpc) is 3.14. The predicted octanol–water partition coefficient (Wildman–Crippen LogP) is 1.83. The average molecular weight is 336 g/mol. The summed E-state index contributed by atoms with van der Waals surface area (Å²) in [5.74, 6) is -0.0977. The fourth-order valence-electron chi connectivity index (χ4n) is 3.58. The summed E-state index contributed by atoms with van der Waals surface area (Å²) in [6.45, 7) is 2.17. The van der Waals surface area contributed by atoms with Gasteiger partial charge in [0.2, 0.25) is 5.91 Å². The number of nitrogens with one attached hydrogen (secondary N) is 2. The molecule has 2 amide bonds. The highest BCUT2D eigenvalue weighted by molar-refractivity contribution is 6.01. The van der Waals surface area contributed by atoms with E-state index in [1.807, 2.05) is 24.3 Å². The predicted molar refractivity (Wildman–Crippen MR) is 95.7 cm³/mol. The quantitative estimate of drug-likeness (QED) is 0.897. The van der Waals surface area contributed by atoms with E-state index in [4.69, 9.17) is 0 Å². The van der Waals surface area contributed by atoms with Gasteiger partial charge in [-0.15, -0.1) is 0 Å². The lowest BCUT2D eigenvalue weighted by Gasteiger charge is -2.21. The summed E-state index contributed by atoms with van der Waals surface area (Å²) in [4.78, 5) is 30.9. The zero-order valence-corrected chi connectivity index (χ0v) is 13.9. The van der Waals surface area contributed by atoms with Crippen LogP contribution in [-0.4, -0.2) is 36.4 Å². The van der Waals surface area contributed by atoms with Crippen molar-refractivity contribution in [2.75, 3.05) is 29.9 Å². The number of nitrogens with zero attached hydrogens (tertiary/aromatic N) is 2. The molecule has 128 valence electrons. The van der Waals surface area contributed by atoms with Gasteiger partial charge < -0.3 is 15.5 Å². The van der Waals surface area contributed by atoms with Crippen LogP contribution in [0.1, 0.15) is 22.3 Å². The fraction of sp³-hybridized carbons (Fsp3) is 0.316. The molecular weight excluding hydrogens is 316 g/mol. The number of benzene rings is 1. The van der Waals surface area contributed by atoms with Crippen LogP contribution in [0.2, 0.25) is 0 Å². The SMILES string of the molecule is O=C1NCCc2c(NC(=O)C3CCN(c4ccncc4)C3)cccc21. The number of hydrogen-bond donors (Lipinski definition) is 2. The van der Waals surface area contributed by atoms with Crippen molar-refractivity contribution in [3.8, 4) is 0 Å². The maximum atomic E-state index is 12.7.